The number of nitrogens with one attached hydrogen (secondary N) is 5. The topological polar surface area (TPSA) is 116 Å². The van der Waals surface area contributed by atoms with Crippen LogP contribution in [-0.2, 0) is 0 Å². The first kappa shape index (κ1) is 44.4. The standard InChI is InChI=1S/2C25H29N3O2S/c1-15-8-9-20(28-21-13-26-14-21)12-22(15)24(29)27-17(3)18-6-5-7-19(11-18)23-10-16(2)25(30-4)31-23;1-16-8-9-20(27-21-14-28(3)15-21)13-22(16)25(29)26-17(2)18-6-5-7-19(12-18)23-10-11-24(30-4)31-23/h5-12,17,21,26,28H,13-14H2,1-4H3,(H,27,29);5-13,17,21,27H,14-15H2,1-4H3,(H,26,29). The van der Waals surface area contributed by atoms with Crippen LogP contribution in [0.3, 0.4) is 0 Å². The van der Waals surface area contributed by atoms with Crippen molar-refractivity contribution in [1.29, 1.82) is 0 Å². The van der Waals surface area contributed by atoms with Crippen LogP contribution in [0.15, 0.2) is 103 Å². The van der Waals surface area contributed by atoms with Crippen molar-refractivity contribution in [3.63, 3.8) is 0 Å². The summed E-state index contributed by atoms with van der Waals surface area (Å²) in [6.45, 7) is 14.0. The SMILES string of the molecule is COc1ccc(-c2cccc(C(C)NC(=O)c3cc(NC4CN(C)C4)ccc3C)c2)s1.COc1sc(-c2cccc(C(C)NC(=O)c3cc(NC4CNC4)ccc3C)c2)cc1C. The average molecular weight is 871 g/mol. The van der Waals surface area contributed by atoms with Gasteiger partial charge in [-0.3, -0.25) is 9.59 Å². The van der Waals surface area contributed by atoms with Crippen molar-refractivity contribution < 1.29 is 19.1 Å². The lowest BCUT2D eigenvalue weighted by molar-refractivity contribution is 0.0931. The number of hydrogen-bond donors (Lipinski definition) is 5. The van der Waals surface area contributed by atoms with Gasteiger partial charge in [-0.1, -0.05) is 71.2 Å². The van der Waals surface area contributed by atoms with E-state index in [0.29, 0.717) is 23.2 Å². The highest BCUT2D eigenvalue weighted by Gasteiger charge is 2.24. The molecule has 0 bridgehead atoms. The number of anilines is 2. The minimum absolute atomic E-state index is 0.0532. The molecule has 0 spiro atoms. The van der Waals surface area contributed by atoms with Gasteiger partial charge in [0.25, 0.3) is 11.8 Å². The maximum absolute atomic E-state index is 13.1. The van der Waals surface area contributed by atoms with Crippen LogP contribution in [0.1, 0.15) is 74.5 Å². The number of aryl methyl sites for hydroxylation is 3. The maximum Gasteiger partial charge on any atom is 0.252 e. The molecule has 2 aliphatic heterocycles. The van der Waals surface area contributed by atoms with E-state index in [2.05, 4.69) is 94.0 Å². The van der Waals surface area contributed by atoms with Gasteiger partial charge in [0.05, 0.1) is 38.4 Å². The number of carbonyl (C=O) groups is 2. The van der Waals surface area contributed by atoms with Gasteiger partial charge in [-0.2, -0.15) is 0 Å². The van der Waals surface area contributed by atoms with Gasteiger partial charge in [-0.15, -0.1) is 0 Å². The normalized spacial score (nSPS) is 14.9. The van der Waals surface area contributed by atoms with Gasteiger partial charge >= 0.3 is 0 Å². The molecule has 2 unspecified atom stereocenters. The summed E-state index contributed by atoms with van der Waals surface area (Å²) in [5.41, 5.74) is 10.9. The second kappa shape index (κ2) is 20.0. The van der Waals surface area contributed by atoms with E-state index in [1.54, 1.807) is 36.9 Å². The summed E-state index contributed by atoms with van der Waals surface area (Å²) in [5, 5.41) is 18.4. The fourth-order valence-corrected chi connectivity index (χ4v) is 9.40. The fourth-order valence-electron chi connectivity index (χ4n) is 7.60. The van der Waals surface area contributed by atoms with Crippen molar-refractivity contribution >= 4 is 45.9 Å². The minimum Gasteiger partial charge on any atom is -0.487 e. The first-order chi connectivity index (χ1) is 29.9. The number of thiophene rings is 2. The second-order valence-electron chi connectivity index (χ2n) is 16.4. The van der Waals surface area contributed by atoms with E-state index in [4.69, 9.17) is 9.47 Å². The third-order valence-corrected chi connectivity index (χ3v) is 13.8. The molecule has 10 nitrogen and oxygen atoms in total. The zero-order valence-corrected chi connectivity index (χ0v) is 38.5. The Hall–Kier alpha value is -5.66. The summed E-state index contributed by atoms with van der Waals surface area (Å²) in [4.78, 5) is 30.7. The summed E-state index contributed by atoms with van der Waals surface area (Å²) in [5.74, 6) is -0.109. The van der Waals surface area contributed by atoms with E-state index in [0.717, 1.165) is 96.4 Å². The lowest BCUT2D eigenvalue weighted by Crippen LogP contribution is -2.52. The number of likely N-dealkylation sites (tertiary alicyclic amines) is 1. The number of hydrogen-bond acceptors (Lipinski definition) is 10. The van der Waals surface area contributed by atoms with Crippen LogP contribution in [0.4, 0.5) is 11.4 Å². The number of amides is 2. The summed E-state index contributed by atoms with van der Waals surface area (Å²) in [7, 11) is 5.49. The number of benzene rings is 4. The predicted octanol–water partition coefficient (Wildman–Crippen LogP) is 9.86. The fraction of sp³-hybridized carbons (Fsp3) is 0.320. The molecule has 4 heterocycles. The predicted molar refractivity (Wildman–Crippen MR) is 257 cm³/mol. The average Bonchev–Trinajstić information content (AvgIpc) is 3.89. The molecule has 62 heavy (non-hydrogen) atoms. The molecule has 12 heteroatoms. The Morgan fingerprint density at radius 1 is 0.645 bits per heavy atom. The number of carbonyl (C=O) groups excluding carboxylic acids is 2. The Balaban J connectivity index is 0.000000186. The number of nitrogens with zero attached hydrogens (tertiary/aromatic N) is 1. The highest BCUT2D eigenvalue weighted by atomic mass is 32.1. The van der Waals surface area contributed by atoms with Crippen molar-refractivity contribution in [2.45, 2.75) is 58.8 Å². The smallest absolute Gasteiger partial charge is 0.252 e. The molecule has 0 saturated carbocycles. The molecule has 2 amide bonds. The van der Waals surface area contributed by atoms with E-state index >= 15 is 0 Å². The van der Waals surface area contributed by atoms with Crippen LogP contribution in [0.25, 0.3) is 20.9 Å². The van der Waals surface area contributed by atoms with Crippen molar-refractivity contribution in [1.82, 2.24) is 20.9 Å². The van der Waals surface area contributed by atoms with Crippen molar-refractivity contribution in [2.24, 2.45) is 0 Å². The third kappa shape index (κ3) is 10.9. The Morgan fingerprint density at radius 2 is 1.19 bits per heavy atom. The van der Waals surface area contributed by atoms with E-state index < -0.39 is 0 Å². The molecule has 324 valence electrons. The summed E-state index contributed by atoms with van der Waals surface area (Å²) < 4.78 is 10.7. The minimum atomic E-state index is -0.109. The van der Waals surface area contributed by atoms with Crippen molar-refractivity contribution in [3.8, 4) is 31.0 Å². The zero-order chi connectivity index (χ0) is 43.9. The van der Waals surface area contributed by atoms with Gasteiger partial charge in [-0.05, 0) is 130 Å². The third-order valence-electron chi connectivity index (χ3n) is 11.4. The molecule has 0 radical (unpaired) electrons. The summed E-state index contributed by atoms with van der Waals surface area (Å²) >= 11 is 3.25. The van der Waals surface area contributed by atoms with Gasteiger partial charge in [0, 0.05) is 64.0 Å². The first-order valence-electron chi connectivity index (χ1n) is 21.1. The largest absolute Gasteiger partial charge is 0.487 e. The van der Waals surface area contributed by atoms with Crippen LogP contribution < -0.4 is 36.1 Å². The van der Waals surface area contributed by atoms with Crippen LogP contribution in [0, 0.1) is 20.8 Å². The zero-order valence-electron chi connectivity index (χ0n) is 36.8. The van der Waals surface area contributed by atoms with Crippen molar-refractivity contribution in [3.05, 3.63) is 142 Å². The molecule has 5 N–H and O–H groups in total. The van der Waals surface area contributed by atoms with Gasteiger partial charge < -0.3 is 41.0 Å². The second-order valence-corrected chi connectivity index (χ2v) is 18.4. The molecule has 2 aromatic heterocycles. The number of likely N-dealkylation sites (N-methyl/N-ethyl adjacent to an activating group) is 1. The highest BCUT2D eigenvalue weighted by Crippen LogP contribution is 2.37. The lowest BCUT2D eigenvalue weighted by atomic mass is 10.0. The Morgan fingerprint density at radius 3 is 1.66 bits per heavy atom. The monoisotopic (exact) mass is 870 g/mol. The molecule has 4 aromatic carbocycles. The molecule has 8 rings (SSSR count). The van der Waals surface area contributed by atoms with Crippen LogP contribution in [-0.4, -0.2) is 76.2 Å². The Kier molecular flexibility index (Phi) is 14.3. The van der Waals surface area contributed by atoms with Crippen LogP contribution in [0.5, 0.6) is 10.1 Å². The Labute approximate surface area is 374 Å². The first-order valence-corrected chi connectivity index (χ1v) is 22.7. The molecule has 0 aliphatic carbocycles. The molecule has 2 fully saturated rings. The van der Waals surface area contributed by atoms with Gasteiger partial charge in [0.2, 0.25) is 0 Å². The molecule has 2 saturated heterocycles. The van der Waals surface area contributed by atoms with E-state index in [-0.39, 0.29) is 23.9 Å². The van der Waals surface area contributed by atoms with Crippen molar-refractivity contribution in [2.75, 3.05) is 58.1 Å². The van der Waals surface area contributed by atoms with Gasteiger partial charge in [0.15, 0.2) is 10.1 Å². The highest BCUT2D eigenvalue weighted by molar-refractivity contribution is 7.17. The molecular weight excluding hydrogens is 813 g/mol. The number of rotatable bonds is 14. The maximum atomic E-state index is 13.1. The van der Waals surface area contributed by atoms with E-state index in [1.807, 2.05) is 82.3 Å². The summed E-state index contributed by atoms with van der Waals surface area (Å²) in [6.07, 6.45) is 0. The van der Waals surface area contributed by atoms with E-state index in [1.165, 1.54) is 0 Å². The number of methoxy groups -OCH3 is 2. The molecule has 6 aromatic rings. The van der Waals surface area contributed by atoms with Crippen LogP contribution >= 0.6 is 22.7 Å². The van der Waals surface area contributed by atoms with Crippen LogP contribution in [0.2, 0.25) is 0 Å². The number of ether oxygens (including phenoxy) is 2. The van der Waals surface area contributed by atoms with E-state index in [9.17, 15) is 9.59 Å². The van der Waals surface area contributed by atoms with Gasteiger partial charge in [0.1, 0.15) is 0 Å². The Bertz CT molecular complexity index is 2500. The molecule has 2 atom stereocenters. The quantitative estimate of drug-likeness (QED) is 0.0736. The molecule has 2 aliphatic rings. The summed E-state index contributed by atoms with van der Waals surface area (Å²) in [6, 6.07) is 35.5. The molecular formula is C50H58N6O4S2. The lowest BCUT2D eigenvalue weighted by Gasteiger charge is -2.37. The van der Waals surface area contributed by atoms with Gasteiger partial charge in [-0.25, -0.2) is 0 Å².